The van der Waals surface area contributed by atoms with Crippen molar-refractivity contribution in [3.05, 3.63) is 29.1 Å². The molecule has 2 aliphatic rings. The summed E-state index contributed by atoms with van der Waals surface area (Å²) in [5, 5.41) is 12.6. The van der Waals surface area contributed by atoms with E-state index in [9.17, 15) is 14.7 Å². The number of hydrogen-bond donors (Lipinski definition) is 2. The highest BCUT2D eigenvalue weighted by Crippen LogP contribution is 2.32. The summed E-state index contributed by atoms with van der Waals surface area (Å²) in [4.78, 5) is 26.4. The average Bonchev–Trinajstić information content (AvgIpc) is 3.27. The first-order valence-electron chi connectivity index (χ1n) is 7.88. The zero-order valence-corrected chi connectivity index (χ0v) is 15.8. The monoisotopic (exact) mass is 398 g/mol. The van der Waals surface area contributed by atoms with E-state index in [1.165, 1.54) is 16.7 Å². The van der Waals surface area contributed by atoms with E-state index in [0.29, 0.717) is 40.1 Å². The topological polar surface area (TPSA) is 82.8 Å². The number of hydrogen-bond acceptors (Lipinski definition) is 7. The normalized spacial score (nSPS) is 25.2. The second-order valence-corrected chi connectivity index (χ2v) is 8.48. The first kappa shape index (κ1) is 18.5. The van der Waals surface area contributed by atoms with Gasteiger partial charge in [0.2, 0.25) is 5.91 Å². The smallest absolute Gasteiger partial charge is 0.266 e. The molecular weight excluding hydrogens is 380 g/mol. The Kier molecular flexibility index (Phi) is 6.21. The number of thioether (sulfide) groups is 2. The molecule has 3 heterocycles. The first-order valence-corrected chi connectivity index (χ1v) is 10.3. The Labute approximate surface area is 159 Å². The summed E-state index contributed by atoms with van der Waals surface area (Å²) < 4.78 is 5.71. The number of thiocarbonyl (C=S) groups is 1. The summed E-state index contributed by atoms with van der Waals surface area (Å²) in [6.07, 6.45) is 3.55. The van der Waals surface area contributed by atoms with Crippen LogP contribution in [0.2, 0.25) is 0 Å². The van der Waals surface area contributed by atoms with Crippen LogP contribution in [-0.2, 0) is 9.59 Å². The van der Waals surface area contributed by atoms with Crippen molar-refractivity contribution in [1.29, 1.82) is 0 Å². The molecule has 134 valence electrons. The number of rotatable bonds is 6. The van der Waals surface area contributed by atoms with E-state index in [-0.39, 0.29) is 17.9 Å². The number of nitrogens with one attached hydrogen (secondary N) is 1. The predicted octanol–water partition coefficient (Wildman–Crippen LogP) is 1.85. The first-order chi connectivity index (χ1) is 12.0. The Hall–Kier alpha value is -1.29. The predicted molar refractivity (Wildman–Crippen MR) is 103 cm³/mol. The lowest BCUT2D eigenvalue weighted by molar-refractivity contribution is -0.124. The fourth-order valence-electron chi connectivity index (χ4n) is 2.55. The van der Waals surface area contributed by atoms with Crippen molar-refractivity contribution in [2.24, 2.45) is 0 Å². The third kappa shape index (κ3) is 4.66. The summed E-state index contributed by atoms with van der Waals surface area (Å²) in [7, 11) is 0. The molecular formula is C16H18N2O4S3. The van der Waals surface area contributed by atoms with Crippen molar-refractivity contribution >= 4 is 58.0 Å². The number of aliphatic hydroxyl groups is 1. The highest BCUT2D eigenvalue weighted by molar-refractivity contribution is 8.26. The van der Waals surface area contributed by atoms with Crippen LogP contribution < -0.4 is 5.32 Å². The molecule has 6 nitrogen and oxygen atoms in total. The van der Waals surface area contributed by atoms with E-state index < -0.39 is 6.10 Å². The van der Waals surface area contributed by atoms with Crippen LogP contribution >= 0.6 is 35.7 Å². The van der Waals surface area contributed by atoms with Gasteiger partial charge < -0.3 is 14.8 Å². The van der Waals surface area contributed by atoms with Gasteiger partial charge in [-0.15, -0.1) is 0 Å². The van der Waals surface area contributed by atoms with Crippen LogP contribution in [-0.4, -0.2) is 56.3 Å². The van der Waals surface area contributed by atoms with Gasteiger partial charge in [0.25, 0.3) is 5.91 Å². The van der Waals surface area contributed by atoms with Gasteiger partial charge in [-0.1, -0.05) is 24.0 Å². The van der Waals surface area contributed by atoms with Crippen molar-refractivity contribution < 1.29 is 19.1 Å². The molecule has 2 aliphatic heterocycles. The lowest BCUT2D eigenvalue weighted by Gasteiger charge is -2.17. The zero-order chi connectivity index (χ0) is 17.8. The van der Waals surface area contributed by atoms with Gasteiger partial charge in [-0.25, -0.2) is 0 Å². The molecule has 2 amide bonds. The van der Waals surface area contributed by atoms with Gasteiger partial charge >= 0.3 is 0 Å². The highest BCUT2D eigenvalue weighted by atomic mass is 32.2. The Bertz CT molecular complexity index is 690. The minimum absolute atomic E-state index is 0.108. The van der Waals surface area contributed by atoms with Gasteiger partial charge in [0.15, 0.2) is 0 Å². The minimum Gasteiger partial charge on any atom is -0.465 e. The van der Waals surface area contributed by atoms with Crippen molar-refractivity contribution in [2.45, 2.75) is 25.0 Å². The molecule has 3 rings (SSSR count). The minimum atomic E-state index is -0.479. The molecule has 2 saturated heterocycles. The maximum absolute atomic E-state index is 12.4. The highest BCUT2D eigenvalue weighted by Gasteiger charge is 2.32. The van der Waals surface area contributed by atoms with E-state index in [1.54, 1.807) is 36.2 Å². The second-order valence-electron chi connectivity index (χ2n) is 5.73. The number of carbonyl (C=O) groups excluding carboxylic acids is 2. The number of carbonyl (C=O) groups is 2. The standard InChI is InChI=1S/C16H18N2O4S3/c19-12-9-24-8-11(12)17-14(20)4-1-5-18-15(21)13(25-16(18)23)7-10-3-2-6-22-10/h2-3,6-7,11-12,19H,1,4-5,8-9H2,(H,17,20). The molecule has 2 unspecified atom stereocenters. The molecule has 2 fully saturated rings. The van der Waals surface area contributed by atoms with E-state index in [4.69, 9.17) is 16.6 Å². The molecule has 0 spiro atoms. The third-order valence-corrected chi connectivity index (χ3v) is 6.42. The lowest BCUT2D eigenvalue weighted by Crippen LogP contribution is -2.42. The van der Waals surface area contributed by atoms with E-state index >= 15 is 0 Å². The molecule has 0 bridgehead atoms. The molecule has 1 aromatic rings. The van der Waals surface area contributed by atoms with Crippen molar-refractivity contribution in [3.63, 3.8) is 0 Å². The fourth-order valence-corrected chi connectivity index (χ4v) is 5.01. The van der Waals surface area contributed by atoms with Crippen LogP contribution in [0.3, 0.4) is 0 Å². The Balaban J connectivity index is 1.47. The molecule has 2 N–H and O–H groups in total. The van der Waals surface area contributed by atoms with Crippen LogP contribution in [0.25, 0.3) is 6.08 Å². The van der Waals surface area contributed by atoms with Crippen molar-refractivity contribution in [3.8, 4) is 0 Å². The van der Waals surface area contributed by atoms with Gasteiger partial charge in [-0.05, 0) is 18.6 Å². The zero-order valence-electron chi connectivity index (χ0n) is 13.3. The Morgan fingerprint density at radius 2 is 2.36 bits per heavy atom. The molecule has 9 heteroatoms. The Morgan fingerprint density at radius 1 is 1.52 bits per heavy atom. The van der Waals surface area contributed by atoms with E-state index in [1.807, 2.05) is 0 Å². The third-order valence-electron chi connectivity index (χ3n) is 3.87. The van der Waals surface area contributed by atoms with Gasteiger partial charge in [0.1, 0.15) is 10.1 Å². The molecule has 2 atom stereocenters. The summed E-state index contributed by atoms with van der Waals surface area (Å²) in [5.74, 6) is 1.73. The number of aliphatic hydroxyl groups excluding tert-OH is 1. The lowest BCUT2D eigenvalue weighted by atomic mass is 10.2. The summed E-state index contributed by atoms with van der Waals surface area (Å²) >= 11 is 8.13. The number of nitrogens with zero attached hydrogens (tertiary/aromatic N) is 1. The molecule has 0 radical (unpaired) electrons. The van der Waals surface area contributed by atoms with Gasteiger partial charge in [-0.3, -0.25) is 14.5 Å². The number of furan rings is 1. The molecule has 1 aromatic heterocycles. The van der Waals surface area contributed by atoms with Crippen LogP contribution in [0, 0.1) is 0 Å². The summed E-state index contributed by atoms with van der Waals surface area (Å²) in [6, 6.07) is 3.35. The molecule has 0 aliphatic carbocycles. The largest absolute Gasteiger partial charge is 0.465 e. The van der Waals surface area contributed by atoms with Gasteiger partial charge in [0.05, 0.1) is 23.3 Å². The maximum atomic E-state index is 12.4. The van der Waals surface area contributed by atoms with Gasteiger partial charge in [-0.2, -0.15) is 11.8 Å². The second kappa shape index (κ2) is 8.39. The molecule has 25 heavy (non-hydrogen) atoms. The quantitative estimate of drug-likeness (QED) is 0.559. The summed E-state index contributed by atoms with van der Waals surface area (Å²) in [6.45, 7) is 0.398. The SMILES string of the molecule is O=C(CCCN1C(=O)C(=Cc2ccco2)SC1=S)NC1CSCC1O. The summed E-state index contributed by atoms with van der Waals surface area (Å²) in [5.41, 5.74) is 0. The number of amides is 2. The molecule has 0 saturated carbocycles. The maximum Gasteiger partial charge on any atom is 0.266 e. The van der Waals surface area contributed by atoms with Crippen molar-refractivity contribution in [2.75, 3.05) is 18.1 Å². The van der Waals surface area contributed by atoms with Crippen LogP contribution in [0.4, 0.5) is 0 Å². The van der Waals surface area contributed by atoms with Gasteiger partial charge in [0, 0.05) is 30.5 Å². The fraction of sp³-hybridized carbons (Fsp3) is 0.438. The van der Waals surface area contributed by atoms with Crippen LogP contribution in [0.15, 0.2) is 27.7 Å². The Morgan fingerprint density at radius 3 is 3.04 bits per heavy atom. The van der Waals surface area contributed by atoms with E-state index in [0.717, 1.165) is 5.75 Å². The molecule has 0 aromatic carbocycles. The van der Waals surface area contributed by atoms with Crippen LogP contribution in [0.5, 0.6) is 0 Å². The average molecular weight is 399 g/mol. The van der Waals surface area contributed by atoms with Crippen molar-refractivity contribution in [1.82, 2.24) is 10.2 Å². The van der Waals surface area contributed by atoms with Crippen LogP contribution in [0.1, 0.15) is 18.6 Å². The van der Waals surface area contributed by atoms with E-state index in [2.05, 4.69) is 5.32 Å².